The van der Waals surface area contributed by atoms with Crippen LogP contribution in [0.4, 0.5) is 11.5 Å². The van der Waals surface area contributed by atoms with Crippen molar-refractivity contribution in [3.63, 3.8) is 0 Å². The van der Waals surface area contributed by atoms with Crippen LogP contribution < -0.4 is 10.6 Å². The lowest BCUT2D eigenvalue weighted by Crippen LogP contribution is -2.25. The van der Waals surface area contributed by atoms with Crippen molar-refractivity contribution < 1.29 is 9.59 Å². The van der Waals surface area contributed by atoms with Gasteiger partial charge in [0.2, 0.25) is 11.8 Å². The molecule has 2 heterocycles. The Hall–Kier alpha value is -3.23. The second-order valence-electron chi connectivity index (χ2n) is 7.28. The molecule has 2 aromatic heterocycles. The highest BCUT2D eigenvalue weighted by atomic mass is 32.2. The Bertz CT molecular complexity index is 1200. The molecule has 32 heavy (non-hydrogen) atoms. The van der Waals surface area contributed by atoms with Crippen molar-refractivity contribution in [2.75, 3.05) is 16.4 Å². The molecule has 6 nitrogen and oxygen atoms in total. The van der Waals surface area contributed by atoms with Crippen LogP contribution in [0, 0.1) is 6.92 Å². The molecule has 0 saturated heterocycles. The standard InChI is InChI=1S/C24H22N4O2S2/c1-15-7-10-18(11-8-15)26-22(29)14-31-16(2)23(30)28-21-12-9-17(13-25-21)24-27-19-5-3-4-6-20(19)32-24/h3-13,16H,14H2,1-2H3,(H,26,29)(H,25,28,30). The van der Waals surface area contributed by atoms with Crippen LogP contribution in [0.3, 0.4) is 0 Å². The minimum atomic E-state index is -0.399. The molecule has 0 aliphatic carbocycles. The Morgan fingerprint density at radius 2 is 1.81 bits per heavy atom. The predicted molar refractivity (Wildman–Crippen MR) is 133 cm³/mol. The van der Waals surface area contributed by atoms with Crippen molar-refractivity contribution in [3.05, 3.63) is 72.4 Å². The number of hydrogen-bond acceptors (Lipinski definition) is 6. The van der Waals surface area contributed by atoms with E-state index >= 15 is 0 Å². The average Bonchev–Trinajstić information content (AvgIpc) is 3.24. The zero-order valence-electron chi connectivity index (χ0n) is 17.7. The minimum absolute atomic E-state index is 0.142. The summed E-state index contributed by atoms with van der Waals surface area (Å²) in [7, 11) is 0. The molecular formula is C24H22N4O2S2. The van der Waals surface area contributed by atoms with Gasteiger partial charge in [0, 0.05) is 17.4 Å². The fourth-order valence-electron chi connectivity index (χ4n) is 2.93. The topological polar surface area (TPSA) is 84.0 Å². The fourth-order valence-corrected chi connectivity index (χ4v) is 4.57. The van der Waals surface area contributed by atoms with E-state index < -0.39 is 5.25 Å². The average molecular weight is 463 g/mol. The quantitative estimate of drug-likeness (QED) is 0.386. The van der Waals surface area contributed by atoms with Crippen molar-refractivity contribution in [2.24, 2.45) is 0 Å². The van der Waals surface area contributed by atoms with Crippen LogP contribution in [0.25, 0.3) is 20.8 Å². The molecule has 162 valence electrons. The summed E-state index contributed by atoms with van der Waals surface area (Å²) in [6.07, 6.45) is 1.71. The van der Waals surface area contributed by atoms with E-state index in [-0.39, 0.29) is 17.6 Å². The van der Waals surface area contributed by atoms with Gasteiger partial charge in [-0.25, -0.2) is 9.97 Å². The third-order valence-corrected chi connectivity index (χ3v) is 6.95. The molecule has 0 radical (unpaired) electrons. The van der Waals surface area contributed by atoms with Crippen molar-refractivity contribution >= 4 is 56.6 Å². The molecule has 2 aromatic carbocycles. The smallest absolute Gasteiger partial charge is 0.238 e. The molecule has 4 aromatic rings. The number of nitrogens with one attached hydrogen (secondary N) is 2. The molecule has 0 saturated carbocycles. The maximum Gasteiger partial charge on any atom is 0.238 e. The number of pyridine rings is 1. The van der Waals surface area contributed by atoms with Crippen LogP contribution in [0.2, 0.25) is 0 Å². The first-order valence-electron chi connectivity index (χ1n) is 10.1. The molecule has 0 aliphatic heterocycles. The van der Waals surface area contributed by atoms with Gasteiger partial charge in [-0.05, 0) is 50.2 Å². The van der Waals surface area contributed by atoms with Gasteiger partial charge in [0.15, 0.2) is 0 Å². The zero-order valence-corrected chi connectivity index (χ0v) is 19.3. The van der Waals surface area contributed by atoms with Gasteiger partial charge in [0.1, 0.15) is 10.8 Å². The molecule has 0 aliphatic rings. The van der Waals surface area contributed by atoms with Gasteiger partial charge in [-0.2, -0.15) is 0 Å². The maximum absolute atomic E-state index is 12.5. The second-order valence-corrected chi connectivity index (χ2v) is 9.64. The van der Waals surface area contributed by atoms with E-state index in [4.69, 9.17) is 0 Å². The number of carbonyl (C=O) groups is 2. The van der Waals surface area contributed by atoms with Crippen LogP contribution in [-0.2, 0) is 9.59 Å². The monoisotopic (exact) mass is 462 g/mol. The molecule has 4 rings (SSSR count). The van der Waals surface area contributed by atoms with E-state index in [1.165, 1.54) is 11.8 Å². The van der Waals surface area contributed by atoms with Gasteiger partial charge in [-0.1, -0.05) is 29.8 Å². The summed E-state index contributed by atoms with van der Waals surface area (Å²) in [6.45, 7) is 3.76. The van der Waals surface area contributed by atoms with E-state index in [0.29, 0.717) is 5.82 Å². The minimum Gasteiger partial charge on any atom is -0.325 e. The van der Waals surface area contributed by atoms with Gasteiger partial charge < -0.3 is 10.6 Å². The zero-order chi connectivity index (χ0) is 22.5. The van der Waals surface area contributed by atoms with Crippen molar-refractivity contribution in [3.8, 4) is 10.6 Å². The van der Waals surface area contributed by atoms with Gasteiger partial charge in [0.25, 0.3) is 0 Å². The molecule has 0 spiro atoms. The van der Waals surface area contributed by atoms with E-state index in [0.717, 1.165) is 32.0 Å². The fraction of sp³-hybridized carbons (Fsp3) is 0.167. The lowest BCUT2D eigenvalue weighted by molar-refractivity contribution is -0.115. The maximum atomic E-state index is 12.5. The van der Waals surface area contributed by atoms with Crippen LogP contribution in [0.1, 0.15) is 12.5 Å². The number of nitrogens with zero attached hydrogens (tertiary/aromatic N) is 2. The van der Waals surface area contributed by atoms with E-state index in [1.807, 2.05) is 61.5 Å². The molecule has 8 heteroatoms. The Morgan fingerprint density at radius 1 is 1.03 bits per heavy atom. The first kappa shape index (κ1) is 22.0. The molecule has 1 unspecified atom stereocenters. The second kappa shape index (κ2) is 9.93. The summed E-state index contributed by atoms with van der Waals surface area (Å²) in [5.41, 5.74) is 3.74. The Kier molecular flexibility index (Phi) is 6.82. The van der Waals surface area contributed by atoms with Crippen molar-refractivity contribution in [2.45, 2.75) is 19.1 Å². The first-order valence-corrected chi connectivity index (χ1v) is 12.0. The number of aryl methyl sites for hydroxylation is 1. The third kappa shape index (κ3) is 5.52. The highest BCUT2D eigenvalue weighted by Crippen LogP contribution is 2.30. The number of thiazole rings is 1. The number of carbonyl (C=O) groups excluding carboxylic acids is 2. The lowest BCUT2D eigenvalue weighted by Gasteiger charge is -2.12. The van der Waals surface area contributed by atoms with Gasteiger partial charge in [0.05, 0.1) is 21.2 Å². The number of hydrogen-bond donors (Lipinski definition) is 2. The summed E-state index contributed by atoms with van der Waals surface area (Å²) < 4.78 is 1.12. The van der Waals surface area contributed by atoms with Crippen LogP contribution in [0.15, 0.2) is 66.9 Å². The van der Waals surface area contributed by atoms with Crippen molar-refractivity contribution in [1.82, 2.24) is 9.97 Å². The molecule has 1 atom stereocenters. The van der Waals surface area contributed by atoms with Gasteiger partial charge in [-0.15, -0.1) is 23.1 Å². The molecule has 2 N–H and O–H groups in total. The number of anilines is 2. The largest absolute Gasteiger partial charge is 0.325 e. The predicted octanol–water partition coefficient (Wildman–Crippen LogP) is 5.37. The number of benzene rings is 2. The summed E-state index contributed by atoms with van der Waals surface area (Å²) >= 11 is 2.88. The number of thioether (sulfide) groups is 1. The van der Waals surface area contributed by atoms with E-state index in [9.17, 15) is 9.59 Å². The van der Waals surface area contributed by atoms with Crippen LogP contribution in [-0.4, -0.2) is 32.8 Å². The third-order valence-electron chi connectivity index (χ3n) is 4.72. The van der Waals surface area contributed by atoms with E-state index in [1.54, 1.807) is 30.5 Å². The lowest BCUT2D eigenvalue weighted by atomic mass is 10.2. The summed E-state index contributed by atoms with van der Waals surface area (Å²) in [4.78, 5) is 33.6. The molecule has 2 amide bonds. The normalized spacial score (nSPS) is 11.8. The molecule has 0 fully saturated rings. The van der Waals surface area contributed by atoms with Crippen LogP contribution >= 0.6 is 23.1 Å². The van der Waals surface area contributed by atoms with Gasteiger partial charge in [-0.3, -0.25) is 9.59 Å². The Morgan fingerprint density at radius 3 is 2.53 bits per heavy atom. The van der Waals surface area contributed by atoms with Gasteiger partial charge >= 0.3 is 0 Å². The summed E-state index contributed by atoms with van der Waals surface area (Å²) in [6, 6.07) is 19.2. The molecular weight excluding hydrogens is 440 g/mol. The number of rotatable bonds is 7. The summed E-state index contributed by atoms with van der Waals surface area (Å²) in [5, 5.41) is 6.13. The Balaban J connectivity index is 1.29. The number of aromatic nitrogens is 2. The first-order chi connectivity index (χ1) is 15.5. The number of fused-ring (bicyclic) bond motifs is 1. The van der Waals surface area contributed by atoms with Crippen LogP contribution in [0.5, 0.6) is 0 Å². The highest BCUT2D eigenvalue weighted by molar-refractivity contribution is 8.01. The van der Waals surface area contributed by atoms with Crippen molar-refractivity contribution in [1.29, 1.82) is 0 Å². The number of para-hydroxylation sites is 1. The highest BCUT2D eigenvalue weighted by Gasteiger charge is 2.16. The Labute approximate surface area is 194 Å². The van der Waals surface area contributed by atoms with E-state index in [2.05, 4.69) is 20.6 Å². The SMILES string of the molecule is Cc1ccc(NC(=O)CSC(C)C(=O)Nc2ccc(-c3nc4ccccc4s3)cn2)cc1. The summed E-state index contributed by atoms with van der Waals surface area (Å²) in [5.74, 6) is 0.318. The molecule has 0 bridgehead atoms. The number of amides is 2.